The van der Waals surface area contributed by atoms with Crippen molar-refractivity contribution in [3.8, 4) is 0 Å². The van der Waals surface area contributed by atoms with Crippen LogP contribution >= 0.6 is 0 Å². The van der Waals surface area contributed by atoms with Gasteiger partial charge in [-0.05, 0) is 24.1 Å². The van der Waals surface area contributed by atoms with E-state index in [9.17, 15) is 9.59 Å². The molecule has 7 heteroatoms. The van der Waals surface area contributed by atoms with Gasteiger partial charge in [-0.15, -0.1) is 0 Å². The van der Waals surface area contributed by atoms with Gasteiger partial charge in [-0.3, -0.25) is 4.90 Å². The highest BCUT2D eigenvalue weighted by atomic mass is 16.5. The quantitative estimate of drug-likeness (QED) is 0.728. The maximum atomic E-state index is 12.7. The third-order valence-corrected chi connectivity index (χ3v) is 5.90. The largest absolute Gasteiger partial charge is 0.466 e. The highest BCUT2D eigenvalue weighted by Crippen LogP contribution is 2.28. The number of nitrogens with one attached hydrogen (secondary N) is 2. The molecule has 0 aromatic heterocycles. The van der Waals surface area contributed by atoms with Crippen LogP contribution < -0.4 is 15.5 Å². The van der Waals surface area contributed by atoms with Gasteiger partial charge < -0.3 is 20.3 Å². The van der Waals surface area contributed by atoms with Crippen molar-refractivity contribution in [1.82, 2.24) is 15.5 Å². The number of carbonyl (C=O) groups is 2. The Morgan fingerprint density at radius 1 is 1.03 bits per heavy atom. The third-order valence-electron chi connectivity index (χ3n) is 5.90. The molecule has 2 N–H and O–H groups in total. The number of hydrogen-bond donors (Lipinski definition) is 2. The zero-order chi connectivity index (χ0) is 21.8. The van der Waals surface area contributed by atoms with Crippen LogP contribution in [0.4, 0.5) is 10.5 Å². The molecule has 31 heavy (non-hydrogen) atoms. The molecule has 162 valence electrons. The van der Waals surface area contributed by atoms with E-state index >= 15 is 0 Å². The van der Waals surface area contributed by atoms with Crippen LogP contribution in [0.3, 0.4) is 0 Å². The predicted octanol–water partition coefficient (Wildman–Crippen LogP) is 2.60. The molecule has 0 spiro atoms. The van der Waals surface area contributed by atoms with Crippen LogP contribution in [0, 0.1) is 6.92 Å². The van der Waals surface area contributed by atoms with Crippen LogP contribution in [0.25, 0.3) is 0 Å². The Morgan fingerprint density at radius 2 is 1.71 bits per heavy atom. The van der Waals surface area contributed by atoms with Crippen molar-refractivity contribution in [2.75, 3.05) is 44.7 Å². The molecule has 0 unspecified atom stereocenters. The summed E-state index contributed by atoms with van der Waals surface area (Å²) in [6.45, 7) is 6.07. The van der Waals surface area contributed by atoms with Crippen LogP contribution in [0.5, 0.6) is 0 Å². The summed E-state index contributed by atoms with van der Waals surface area (Å²) in [4.78, 5) is 29.7. The van der Waals surface area contributed by atoms with E-state index in [4.69, 9.17) is 4.74 Å². The third kappa shape index (κ3) is 4.56. The first-order valence-corrected chi connectivity index (χ1v) is 10.5. The van der Waals surface area contributed by atoms with Gasteiger partial charge in [-0.25, -0.2) is 9.59 Å². The number of rotatable bonds is 5. The standard InChI is InChI=1S/C24H28N4O3/c1-17-8-6-7-11-20(17)28-14-12-27(13-15-28)16-19-21(23(29)31-2)22(26-24(30)25-19)18-9-4-3-5-10-18/h3-11,22H,12-16H2,1-2H3,(H2,25,26,30)/t22-/m1/s1. The number of amides is 2. The molecule has 2 aliphatic heterocycles. The first-order chi connectivity index (χ1) is 15.1. The van der Waals surface area contributed by atoms with Crippen LogP contribution in [0.2, 0.25) is 0 Å². The molecule has 1 saturated heterocycles. The maximum absolute atomic E-state index is 12.7. The van der Waals surface area contributed by atoms with Gasteiger partial charge in [-0.1, -0.05) is 48.5 Å². The predicted molar refractivity (Wildman–Crippen MR) is 120 cm³/mol. The minimum Gasteiger partial charge on any atom is -0.466 e. The number of hydrogen-bond acceptors (Lipinski definition) is 5. The van der Waals surface area contributed by atoms with Gasteiger partial charge >= 0.3 is 12.0 Å². The molecule has 2 aliphatic rings. The fraction of sp³-hybridized carbons (Fsp3) is 0.333. The smallest absolute Gasteiger partial charge is 0.338 e. The number of ether oxygens (including phenoxy) is 1. The van der Waals surface area contributed by atoms with E-state index in [-0.39, 0.29) is 6.03 Å². The molecule has 2 heterocycles. The number of benzene rings is 2. The van der Waals surface area contributed by atoms with Crippen LogP contribution in [0.15, 0.2) is 65.9 Å². The fourth-order valence-electron chi connectivity index (χ4n) is 4.28. The van der Waals surface area contributed by atoms with Gasteiger partial charge in [0.05, 0.1) is 18.7 Å². The monoisotopic (exact) mass is 420 g/mol. The van der Waals surface area contributed by atoms with E-state index in [1.807, 2.05) is 30.3 Å². The van der Waals surface area contributed by atoms with Crippen molar-refractivity contribution in [1.29, 1.82) is 0 Å². The average Bonchev–Trinajstić information content (AvgIpc) is 2.80. The van der Waals surface area contributed by atoms with Crippen LogP contribution in [0.1, 0.15) is 17.2 Å². The van der Waals surface area contributed by atoms with Gasteiger partial charge in [0.15, 0.2) is 0 Å². The van der Waals surface area contributed by atoms with Gasteiger partial charge in [0.2, 0.25) is 0 Å². The Balaban J connectivity index is 1.54. The molecule has 0 bridgehead atoms. The Hall–Kier alpha value is -3.32. The van der Waals surface area contributed by atoms with Crippen molar-refractivity contribution in [2.45, 2.75) is 13.0 Å². The number of piperazine rings is 1. The Kier molecular flexibility index (Phi) is 6.23. The van der Waals surface area contributed by atoms with E-state index in [0.29, 0.717) is 17.8 Å². The SMILES string of the molecule is COC(=O)C1=C(CN2CCN(c3ccccc3C)CC2)NC(=O)N[C@@H]1c1ccccc1. The Labute approximate surface area is 182 Å². The molecule has 7 nitrogen and oxygen atoms in total. The lowest BCUT2D eigenvalue weighted by Crippen LogP contribution is -2.51. The first-order valence-electron chi connectivity index (χ1n) is 10.5. The zero-order valence-corrected chi connectivity index (χ0v) is 17.9. The molecule has 2 amide bonds. The fourth-order valence-corrected chi connectivity index (χ4v) is 4.28. The molecule has 0 saturated carbocycles. The van der Waals surface area contributed by atoms with Gasteiger partial charge in [0, 0.05) is 44.1 Å². The van der Waals surface area contributed by atoms with E-state index in [2.05, 4.69) is 51.6 Å². The lowest BCUT2D eigenvalue weighted by atomic mass is 9.95. The van der Waals surface area contributed by atoms with E-state index in [0.717, 1.165) is 31.7 Å². The maximum Gasteiger partial charge on any atom is 0.338 e. The first kappa shape index (κ1) is 20.9. The second-order valence-electron chi connectivity index (χ2n) is 7.88. The number of para-hydroxylation sites is 1. The molecule has 1 atom stereocenters. The van der Waals surface area contributed by atoms with Gasteiger partial charge in [-0.2, -0.15) is 0 Å². The number of esters is 1. The highest BCUT2D eigenvalue weighted by molar-refractivity contribution is 5.95. The minimum atomic E-state index is -0.536. The normalized spacial score (nSPS) is 19.6. The summed E-state index contributed by atoms with van der Waals surface area (Å²) in [6.07, 6.45) is 0. The van der Waals surface area contributed by atoms with Crippen molar-refractivity contribution >= 4 is 17.7 Å². The number of aryl methyl sites for hydroxylation is 1. The number of methoxy groups -OCH3 is 1. The summed E-state index contributed by atoms with van der Waals surface area (Å²) in [5, 5.41) is 5.72. The topological polar surface area (TPSA) is 73.9 Å². The average molecular weight is 421 g/mol. The minimum absolute atomic E-state index is 0.310. The number of anilines is 1. The van der Waals surface area contributed by atoms with Gasteiger partial charge in [0.1, 0.15) is 0 Å². The van der Waals surface area contributed by atoms with Crippen LogP contribution in [-0.4, -0.2) is 56.7 Å². The van der Waals surface area contributed by atoms with E-state index in [1.165, 1.54) is 18.4 Å². The summed E-state index contributed by atoms with van der Waals surface area (Å²) in [6, 6.07) is 17.0. The number of nitrogens with zero attached hydrogens (tertiary/aromatic N) is 2. The van der Waals surface area contributed by atoms with Gasteiger partial charge in [0.25, 0.3) is 0 Å². The van der Waals surface area contributed by atoms with E-state index in [1.54, 1.807) is 0 Å². The van der Waals surface area contributed by atoms with Crippen molar-refractivity contribution < 1.29 is 14.3 Å². The zero-order valence-electron chi connectivity index (χ0n) is 17.9. The number of urea groups is 1. The molecular formula is C24H28N4O3. The molecule has 2 aromatic rings. The van der Waals surface area contributed by atoms with Crippen molar-refractivity contribution in [3.63, 3.8) is 0 Å². The molecule has 0 radical (unpaired) electrons. The Bertz CT molecular complexity index is 981. The number of carbonyl (C=O) groups excluding carboxylic acids is 2. The summed E-state index contributed by atoms with van der Waals surface area (Å²) in [5.41, 5.74) is 4.43. The summed E-state index contributed by atoms with van der Waals surface area (Å²) < 4.78 is 5.07. The van der Waals surface area contributed by atoms with Crippen LogP contribution in [-0.2, 0) is 9.53 Å². The Morgan fingerprint density at radius 3 is 2.39 bits per heavy atom. The van der Waals surface area contributed by atoms with E-state index < -0.39 is 12.0 Å². The van der Waals surface area contributed by atoms with Crippen molar-refractivity contribution in [2.24, 2.45) is 0 Å². The molecule has 0 aliphatic carbocycles. The summed E-state index contributed by atoms with van der Waals surface area (Å²) in [7, 11) is 1.37. The molecule has 4 rings (SSSR count). The molecular weight excluding hydrogens is 392 g/mol. The summed E-state index contributed by atoms with van der Waals surface area (Å²) >= 11 is 0. The second kappa shape index (κ2) is 9.22. The van der Waals surface area contributed by atoms with Crippen molar-refractivity contribution in [3.05, 3.63) is 77.0 Å². The highest BCUT2D eigenvalue weighted by Gasteiger charge is 2.34. The lowest BCUT2D eigenvalue weighted by molar-refractivity contribution is -0.136. The summed E-state index contributed by atoms with van der Waals surface area (Å²) in [5.74, 6) is -0.435. The molecule has 2 aromatic carbocycles. The lowest BCUT2D eigenvalue weighted by Gasteiger charge is -2.38. The molecule has 1 fully saturated rings. The second-order valence-corrected chi connectivity index (χ2v) is 7.88.